The van der Waals surface area contributed by atoms with Gasteiger partial charge in [0.05, 0.1) is 12.2 Å². The summed E-state index contributed by atoms with van der Waals surface area (Å²) in [6.07, 6.45) is 9.17. The van der Waals surface area contributed by atoms with Crippen LogP contribution >= 0.6 is 0 Å². The predicted octanol–water partition coefficient (Wildman–Crippen LogP) is 1.74. The Morgan fingerprint density at radius 1 is 1.33 bits per heavy atom. The smallest absolute Gasteiger partial charge is 0.269 e. The Morgan fingerprint density at radius 2 is 2.17 bits per heavy atom. The topological polar surface area (TPSA) is 75.9 Å². The van der Waals surface area contributed by atoms with Crippen LogP contribution in [-0.4, -0.2) is 32.7 Å². The zero-order valence-corrected chi connectivity index (χ0v) is 13.9. The lowest BCUT2D eigenvalue weighted by Gasteiger charge is -2.16. The Bertz CT molecular complexity index is 726. The highest BCUT2D eigenvalue weighted by molar-refractivity contribution is 5.92. The molecule has 1 amide bonds. The Hall–Kier alpha value is -2.44. The van der Waals surface area contributed by atoms with Crippen molar-refractivity contribution < 1.29 is 4.79 Å². The molecule has 0 saturated heterocycles. The van der Waals surface area contributed by atoms with Crippen LogP contribution in [-0.2, 0) is 19.6 Å². The van der Waals surface area contributed by atoms with Crippen LogP contribution in [0.4, 0.5) is 5.95 Å². The van der Waals surface area contributed by atoms with Gasteiger partial charge in [0.15, 0.2) is 0 Å². The molecule has 0 atom stereocenters. The number of carbonyl (C=O) groups excluding carboxylic acids is 1. The van der Waals surface area contributed by atoms with Gasteiger partial charge in [-0.3, -0.25) is 9.48 Å². The average Bonchev–Trinajstić information content (AvgIpc) is 3.31. The second-order valence-corrected chi connectivity index (χ2v) is 6.65. The molecule has 7 heteroatoms. The van der Waals surface area contributed by atoms with Gasteiger partial charge in [0.25, 0.3) is 5.91 Å². The number of rotatable bonds is 4. The van der Waals surface area contributed by atoms with Crippen molar-refractivity contribution >= 4 is 11.9 Å². The lowest BCUT2D eigenvalue weighted by Crippen LogP contribution is -2.23. The van der Waals surface area contributed by atoms with E-state index >= 15 is 0 Å². The first-order valence-electron chi connectivity index (χ1n) is 8.58. The van der Waals surface area contributed by atoms with E-state index in [0.717, 1.165) is 24.7 Å². The van der Waals surface area contributed by atoms with E-state index in [-0.39, 0.29) is 5.91 Å². The molecule has 2 aromatic heterocycles. The van der Waals surface area contributed by atoms with E-state index in [2.05, 4.69) is 31.1 Å². The number of nitrogens with zero attached hydrogens (tertiary/aromatic N) is 5. The molecule has 0 bridgehead atoms. The van der Waals surface area contributed by atoms with Crippen LogP contribution in [0.5, 0.6) is 0 Å². The van der Waals surface area contributed by atoms with Crippen LogP contribution in [0.3, 0.4) is 0 Å². The van der Waals surface area contributed by atoms with Crippen molar-refractivity contribution in [3.63, 3.8) is 0 Å². The van der Waals surface area contributed by atoms with Gasteiger partial charge in [-0.15, -0.1) is 0 Å². The van der Waals surface area contributed by atoms with Gasteiger partial charge >= 0.3 is 0 Å². The molecule has 1 aliphatic carbocycles. The van der Waals surface area contributed by atoms with E-state index in [1.165, 1.54) is 31.2 Å². The van der Waals surface area contributed by atoms with E-state index < -0.39 is 0 Å². The average molecular weight is 326 g/mol. The van der Waals surface area contributed by atoms with Crippen molar-refractivity contribution in [1.29, 1.82) is 0 Å². The van der Waals surface area contributed by atoms with Crippen LogP contribution in [0.15, 0.2) is 18.5 Å². The summed E-state index contributed by atoms with van der Waals surface area (Å²) in [5.41, 5.74) is 2.72. The first-order valence-corrected chi connectivity index (χ1v) is 8.58. The summed E-state index contributed by atoms with van der Waals surface area (Å²) in [4.78, 5) is 22.5. The van der Waals surface area contributed by atoms with Gasteiger partial charge < -0.3 is 10.2 Å². The zero-order chi connectivity index (χ0) is 16.5. The normalized spacial score (nSPS) is 17.3. The second-order valence-electron chi connectivity index (χ2n) is 6.65. The molecule has 0 spiro atoms. The van der Waals surface area contributed by atoms with E-state index in [9.17, 15) is 4.79 Å². The highest BCUT2D eigenvalue weighted by Gasteiger charge is 2.26. The van der Waals surface area contributed by atoms with Crippen molar-refractivity contribution in [2.75, 3.05) is 11.9 Å². The van der Waals surface area contributed by atoms with Crippen LogP contribution in [0.2, 0.25) is 0 Å². The number of amides is 1. The Balaban J connectivity index is 1.46. The minimum atomic E-state index is -0.197. The molecule has 4 rings (SSSR count). The lowest BCUT2D eigenvalue weighted by molar-refractivity contribution is 0.0958. The fourth-order valence-electron chi connectivity index (χ4n) is 3.66. The number of fused-ring (bicyclic) bond motifs is 1. The van der Waals surface area contributed by atoms with E-state index in [0.29, 0.717) is 18.2 Å². The quantitative estimate of drug-likeness (QED) is 0.926. The molecule has 1 fully saturated rings. The maximum atomic E-state index is 11.7. The summed E-state index contributed by atoms with van der Waals surface area (Å²) in [5.74, 6) is 1.17. The second kappa shape index (κ2) is 6.22. The van der Waals surface area contributed by atoms with Crippen LogP contribution in [0.25, 0.3) is 0 Å². The van der Waals surface area contributed by atoms with Gasteiger partial charge in [0.2, 0.25) is 5.95 Å². The minimum absolute atomic E-state index is 0.197. The molecule has 0 unspecified atom stereocenters. The molecule has 7 nitrogen and oxygen atoms in total. The number of aromatic nitrogens is 4. The van der Waals surface area contributed by atoms with E-state index in [4.69, 9.17) is 5.10 Å². The number of carbonyl (C=O) groups is 1. The number of nitrogens with one attached hydrogen (secondary N) is 1. The lowest BCUT2D eigenvalue weighted by atomic mass is 10.1. The van der Waals surface area contributed by atoms with Gasteiger partial charge in [-0.05, 0) is 24.8 Å². The van der Waals surface area contributed by atoms with E-state index in [1.54, 1.807) is 19.3 Å². The molecule has 2 aromatic rings. The molecule has 2 aliphatic rings. The third kappa shape index (κ3) is 2.86. The fraction of sp³-hybridized carbons (Fsp3) is 0.529. The van der Waals surface area contributed by atoms with Crippen LogP contribution in [0, 0.1) is 5.92 Å². The summed E-state index contributed by atoms with van der Waals surface area (Å²) in [5, 5.41) is 7.33. The van der Waals surface area contributed by atoms with Gasteiger partial charge in [-0.25, -0.2) is 9.97 Å². The van der Waals surface area contributed by atoms with Crippen molar-refractivity contribution in [1.82, 2.24) is 25.1 Å². The van der Waals surface area contributed by atoms with Crippen molar-refractivity contribution in [3.8, 4) is 0 Å². The van der Waals surface area contributed by atoms with Crippen molar-refractivity contribution in [3.05, 3.63) is 35.4 Å². The largest absolute Gasteiger partial charge is 0.354 e. The molecule has 0 radical (unpaired) electrons. The van der Waals surface area contributed by atoms with Gasteiger partial charge in [-0.2, -0.15) is 5.10 Å². The highest BCUT2D eigenvalue weighted by Crippen LogP contribution is 2.28. The van der Waals surface area contributed by atoms with Gasteiger partial charge in [0, 0.05) is 38.1 Å². The maximum Gasteiger partial charge on any atom is 0.269 e. The third-order valence-electron chi connectivity index (χ3n) is 4.93. The molecule has 1 aliphatic heterocycles. The molecular weight excluding hydrogens is 304 g/mol. The highest BCUT2D eigenvalue weighted by atomic mass is 16.1. The van der Waals surface area contributed by atoms with Crippen molar-refractivity contribution in [2.24, 2.45) is 5.92 Å². The van der Waals surface area contributed by atoms with Crippen LogP contribution in [0.1, 0.15) is 47.4 Å². The number of anilines is 1. The summed E-state index contributed by atoms with van der Waals surface area (Å²) in [6, 6.07) is 1.62. The van der Waals surface area contributed by atoms with E-state index in [1.807, 2.05) is 0 Å². The standard InChI is InChI=1S/C17H22N6O/c1-18-16(24)14-6-7-19-17(20-14)22-9-13-10-23(21-15(13)11-22)8-12-4-2-3-5-12/h6-7,10,12H,2-5,8-9,11H2,1H3,(H,18,24). The third-order valence-corrected chi connectivity index (χ3v) is 4.93. The first-order chi connectivity index (χ1) is 11.7. The molecule has 3 heterocycles. The number of hydrogen-bond acceptors (Lipinski definition) is 5. The van der Waals surface area contributed by atoms with Gasteiger partial charge in [0.1, 0.15) is 5.69 Å². The molecule has 126 valence electrons. The Labute approximate surface area is 141 Å². The van der Waals surface area contributed by atoms with Crippen molar-refractivity contribution in [2.45, 2.75) is 45.3 Å². The van der Waals surface area contributed by atoms with Crippen LogP contribution < -0.4 is 10.2 Å². The maximum absolute atomic E-state index is 11.7. The monoisotopic (exact) mass is 326 g/mol. The number of hydrogen-bond donors (Lipinski definition) is 1. The molecule has 1 saturated carbocycles. The zero-order valence-electron chi connectivity index (χ0n) is 13.9. The molecular formula is C17H22N6O. The molecule has 1 N–H and O–H groups in total. The fourth-order valence-corrected chi connectivity index (χ4v) is 3.66. The first kappa shape index (κ1) is 15.1. The van der Waals surface area contributed by atoms with Gasteiger partial charge in [-0.1, -0.05) is 12.8 Å². The Morgan fingerprint density at radius 3 is 2.92 bits per heavy atom. The molecule has 0 aromatic carbocycles. The SMILES string of the molecule is CNC(=O)c1ccnc(N2Cc3cn(CC4CCCC4)nc3C2)n1. The predicted molar refractivity (Wildman–Crippen MR) is 89.5 cm³/mol. The summed E-state index contributed by atoms with van der Waals surface area (Å²) in [7, 11) is 1.60. The summed E-state index contributed by atoms with van der Waals surface area (Å²) >= 11 is 0. The molecule has 24 heavy (non-hydrogen) atoms. The summed E-state index contributed by atoms with van der Waals surface area (Å²) in [6.45, 7) is 2.48. The minimum Gasteiger partial charge on any atom is -0.354 e. The summed E-state index contributed by atoms with van der Waals surface area (Å²) < 4.78 is 2.11. The Kier molecular flexibility index (Phi) is 3.92.